The van der Waals surface area contributed by atoms with Gasteiger partial charge in [-0.25, -0.2) is 9.97 Å². The number of carbonyl (C=O) groups is 1. The molecule has 0 saturated heterocycles. The Labute approximate surface area is 112 Å². The summed E-state index contributed by atoms with van der Waals surface area (Å²) in [5.74, 6) is 0.544. The highest BCUT2D eigenvalue weighted by molar-refractivity contribution is 5.81. The molecule has 2 aliphatic rings. The standard InChI is InChI=1S/C14H19N3O2/c18-13(10-2-3-10)17-11-4-6-12(7-5-11)19-14-15-8-1-9-16-14/h1,8-12H,2-7H2,(H,17,18). The second-order valence-corrected chi connectivity index (χ2v) is 5.41. The lowest BCUT2D eigenvalue weighted by Crippen LogP contribution is -2.40. The molecule has 0 radical (unpaired) electrons. The van der Waals surface area contributed by atoms with Crippen LogP contribution in [0.4, 0.5) is 0 Å². The Balaban J connectivity index is 1.43. The number of aromatic nitrogens is 2. The van der Waals surface area contributed by atoms with Crippen LogP contribution in [0.3, 0.4) is 0 Å². The summed E-state index contributed by atoms with van der Waals surface area (Å²) in [4.78, 5) is 19.8. The van der Waals surface area contributed by atoms with Gasteiger partial charge in [0.15, 0.2) is 0 Å². The highest BCUT2D eigenvalue weighted by Gasteiger charge is 2.32. The third-order valence-corrected chi connectivity index (χ3v) is 3.78. The van der Waals surface area contributed by atoms with E-state index < -0.39 is 0 Å². The molecule has 2 aliphatic carbocycles. The van der Waals surface area contributed by atoms with Gasteiger partial charge in [-0.1, -0.05) is 0 Å². The van der Waals surface area contributed by atoms with Gasteiger partial charge < -0.3 is 10.1 Å². The van der Waals surface area contributed by atoms with Crippen LogP contribution in [0, 0.1) is 5.92 Å². The van der Waals surface area contributed by atoms with E-state index in [1.165, 1.54) is 0 Å². The Morgan fingerprint density at radius 2 is 1.79 bits per heavy atom. The van der Waals surface area contributed by atoms with Gasteiger partial charge in [-0.15, -0.1) is 0 Å². The normalized spacial score (nSPS) is 26.7. The van der Waals surface area contributed by atoms with E-state index >= 15 is 0 Å². The molecule has 1 amide bonds. The van der Waals surface area contributed by atoms with E-state index in [1.54, 1.807) is 18.5 Å². The molecular formula is C14H19N3O2. The van der Waals surface area contributed by atoms with Gasteiger partial charge >= 0.3 is 6.01 Å². The average molecular weight is 261 g/mol. The minimum Gasteiger partial charge on any atom is -0.460 e. The molecule has 0 aliphatic heterocycles. The fourth-order valence-corrected chi connectivity index (χ4v) is 2.48. The first-order chi connectivity index (χ1) is 9.31. The lowest BCUT2D eigenvalue weighted by Gasteiger charge is -2.28. The maximum Gasteiger partial charge on any atom is 0.316 e. The smallest absolute Gasteiger partial charge is 0.316 e. The summed E-state index contributed by atoms with van der Waals surface area (Å²) in [5.41, 5.74) is 0. The monoisotopic (exact) mass is 261 g/mol. The number of rotatable bonds is 4. The molecule has 5 nitrogen and oxygen atoms in total. The topological polar surface area (TPSA) is 64.1 Å². The number of carbonyl (C=O) groups excluding carboxylic acids is 1. The molecular weight excluding hydrogens is 242 g/mol. The van der Waals surface area contributed by atoms with Crippen LogP contribution in [0.25, 0.3) is 0 Å². The number of hydrogen-bond donors (Lipinski definition) is 1. The first kappa shape index (κ1) is 12.4. The molecule has 3 rings (SSSR count). The van der Waals surface area contributed by atoms with Crippen molar-refractivity contribution in [1.29, 1.82) is 0 Å². The van der Waals surface area contributed by atoms with Gasteiger partial charge in [-0.05, 0) is 44.6 Å². The molecule has 19 heavy (non-hydrogen) atoms. The van der Waals surface area contributed by atoms with Crippen LogP contribution in [0.5, 0.6) is 6.01 Å². The second-order valence-electron chi connectivity index (χ2n) is 5.41. The third kappa shape index (κ3) is 3.43. The van der Waals surface area contributed by atoms with E-state index in [-0.39, 0.29) is 12.0 Å². The molecule has 0 unspecified atom stereocenters. The lowest BCUT2D eigenvalue weighted by atomic mass is 9.93. The Hall–Kier alpha value is -1.65. The predicted molar refractivity (Wildman–Crippen MR) is 69.6 cm³/mol. The van der Waals surface area contributed by atoms with Crippen molar-refractivity contribution in [2.45, 2.75) is 50.7 Å². The fraction of sp³-hybridized carbons (Fsp3) is 0.643. The highest BCUT2D eigenvalue weighted by Crippen LogP contribution is 2.30. The van der Waals surface area contributed by atoms with E-state index in [1.807, 2.05) is 0 Å². The van der Waals surface area contributed by atoms with Crippen LogP contribution in [-0.2, 0) is 4.79 Å². The summed E-state index contributed by atoms with van der Waals surface area (Å²) in [5, 5.41) is 3.14. The van der Waals surface area contributed by atoms with E-state index in [0.29, 0.717) is 18.0 Å². The quantitative estimate of drug-likeness (QED) is 0.896. The summed E-state index contributed by atoms with van der Waals surface area (Å²) in [6.45, 7) is 0. The van der Waals surface area contributed by atoms with Crippen molar-refractivity contribution in [2.24, 2.45) is 5.92 Å². The zero-order chi connectivity index (χ0) is 13.1. The number of amides is 1. The Bertz CT molecular complexity index is 426. The van der Waals surface area contributed by atoms with Crippen molar-refractivity contribution in [3.8, 4) is 6.01 Å². The van der Waals surface area contributed by atoms with Crippen LogP contribution in [0.15, 0.2) is 18.5 Å². The number of nitrogens with zero attached hydrogens (tertiary/aromatic N) is 2. The van der Waals surface area contributed by atoms with Gasteiger partial charge in [0, 0.05) is 24.4 Å². The maximum absolute atomic E-state index is 11.7. The largest absolute Gasteiger partial charge is 0.460 e. The van der Waals surface area contributed by atoms with Crippen molar-refractivity contribution in [1.82, 2.24) is 15.3 Å². The first-order valence-electron chi connectivity index (χ1n) is 7.05. The Morgan fingerprint density at radius 1 is 1.11 bits per heavy atom. The van der Waals surface area contributed by atoms with Crippen LogP contribution >= 0.6 is 0 Å². The minimum atomic E-state index is 0.177. The van der Waals surface area contributed by atoms with E-state index in [0.717, 1.165) is 38.5 Å². The van der Waals surface area contributed by atoms with Gasteiger partial charge in [0.1, 0.15) is 6.10 Å². The molecule has 2 fully saturated rings. The SMILES string of the molecule is O=C(NC1CCC(Oc2ncccn2)CC1)C1CC1. The Morgan fingerprint density at radius 3 is 2.42 bits per heavy atom. The van der Waals surface area contributed by atoms with Crippen molar-refractivity contribution >= 4 is 5.91 Å². The van der Waals surface area contributed by atoms with Crippen molar-refractivity contribution in [2.75, 3.05) is 0 Å². The second kappa shape index (κ2) is 5.55. The number of hydrogen-bond acceptors (Lipinski definition) is 4. The number of nitrogens with one attached hydrogen (secondary N) is 1. The molecule has 0 atom stereocenters. The van der Waals surface area contributed by atoms with Crippen LogP contribution in [-0.4, -0.2) is 28.0 Å². The van der Waals surface area contributed by atoms with Crippen molar-refractivity contribution in [3.63, 3.8) is 0 Å². The maximum atomic E-state index is 11.7. The van der Waals surface area contributed by atoms with Gasteiger partial charge in [0.2, 0.25) is 5.91 Å². The lowest BCUT2D eigenvalue weighted by molar-refractivity contribution is -0.123. The first-order valence-corrected chi connectivity index (χ1v) is 7.05. The van der Waals surface area contributed by atoms with E-state index in [2.05, 4.69) is 15.3 Å². The average Bonchev–Trinajstić information content (AvgIpc) is 3.27. The molecule has 1 aromatic heterocycles. The zero-order valence-electron chi connectivity index (χ0n) is 10.9. The predicted octanol–water partition coefficient (Wildman–Crippen LogP) is 1.69. The van der Waals surface area contributed by atoms with Gasteiger partial charge in [-0.2, -0.15) is 0 Å². The molecule has 0 bridgehead atoms. The van der Waals surface area contributed by atoms with Crippen LogP contribution in [0.2, 0.25) is 0 Å². The summed E-state index contributed by atoms with van der Waals surface area (Å²) in [7, 11) is 0. The van der Waals surface area contributed by atoms with Crippen molar-refractivity contribution in [3.05, 3.63) is 18.5 Å². The number of ether oxygens (including phenoxy) is 1. The van der Waals surface area contributed by atoms with E-state index in [9.17, 15) is 4.79 Å². The Kier molecular flexibility index (Phi) is 3.62. The fourth-order valence-electron chi connectivity index (χ4n) is 2.48. The summed E-state index contributed by atoms with van der Waals surface area (Å²) >= 11 is 0. The molecule has 102 valence electrons. The van der Waals surface area contributed by atoms with E-state index in [4.69, 9.17) is 4.74 Å². The molecule has 0 spiro atoms. The molecule has 5 heteroatoms. The van der Waals surface area contributed by atoms with Gasteiger partial charge in [0.05, 0.1) is 0 Å². The molecule has 1 heterocycles. The zero-order valence-corrected chi connectivity index (χ0v) is 10.9. The molecule has 0 aromatic carbocycles. The molecule has 1 aromatic rings. The van der Waals surface area contributed by atoms with Crippen LogP contribution in [0.1, 0.15) is 38.5 Å². The summed E-state index contributed by atoms with van der Waals surface area (Å²) in [6, 6.07) is 2.55. The minimum absolute atomic E-state index is 0.177. The summed E-state index contributed by atoms with van der Waals surface area (Å²) in [6.07, 6.45) is 9.54. The third-order valence-electron chi connectivity index (χ3n) is 3.78. The van der Waals surface area contributed by atoms with Crippen LogP contribution < -0.4 is 10.1 Å². The highest BCUT2D eigenvalue weighted by atomic mass is 16.5. The molecule has 1 N–H and O–H groups in total. The summed E-state index contributed by atoms with van der Waals surface area (Å²) < 4.78 is 5.73. The van der Waals surface area contributed by atoms with Gasteiger partial charge in [-0.3, -0.25) is 4.79 Å². The van der Waals surface area contributed by atoms with Crippen molar-refractivity contribution < 1.29 is 9.53 Å². The van der Waals surface area contributed by atoms with Gasteiger partial charge in [0.25, 0.3) is 0 Å². The molecule has 2 saturated carbocycles.